The van der Waals surface area contributed by atoms with Gasteiger partial charge in [0.05, 0.1) is 11.4 Å². The van der Waals surface area contributed by atoms with Crippen molar-refractivity contribution in [2.24, 2.45) is 0 Å². The second kappa shape index (κ2) is 5.35. The normalized spacial score (nSPS) is 16.6. The summed E-state index contributed by atoms with van der Waals surface area (Å²) < 4.78 is 66.8. The lowest BCUT2D eigenvalue weighted by Gasteiger charge is -2.38. The second-order valence-corrected chi connectivity index (χ2v) is 4.56. The fraction of sp³-hybridized carbons (Fsp3) is 0.200. The lowest BCUT2D eigenvalue weighted by Crippen LogP contribution is -2.46. The maximum atomic E-state index is 13.9. The van der Waals surface area contributed by atoms with Gasteiger partial charge in [-0.3, -0.25) is 4.90 Å². The summed E-state index contributed by atoms with van der Waals surface area (Å²) in [6, 6.07) is 3.21. The molecule has 1 aliphatic heterocycles. The molecule has 1 aromatic carbocycles. The van der Waals surface area contributed by atoms with Crippen molar-refractivity contribution in [1.82, 2.24) is 4.90 Å². The third kappa shape index (κ3) is 2.57. The summed E-state index contributed by atoms with van der Waals surface area (Å²) in [5, 5.41) is 0. The van der Waals surface area contributed by atoms with Crippen molar-refractivity contribution in [3.05, 3.63) is 65.6 Å². The van der Waals surface area contributed by atoms with Crippen LogP contribution in [-0.4, -0.2) is 17.4 Å². The van der Waals surface area contributed by atoms with Crippen LogP contribution in [0.1, 0.15) is 12.5 Å². The van der Waals surface area contributed by atoms with Crippen LogP contribution >= 0.6 is 0 Å². The number of benzene rings is 1. The van der Waals surface area contributed by atoms with Gasteiger partial charge in [-0.05, 0) is 24.1 Å². The van der Waals surface area contributed by atoms with Crippen molar-refractivity contribution in [1.29, 1.82) is 0 Å². The zero-order valence-corrected chi connectivity index (χ0v) is 11.1. The first-order valence-corrected chi connectivity index (χ1v) is 6.05. The number of alkyl halides is 4. The van der Waals surface area contributed by atoms with E-state index in [9.17, 15) is 22.0 Å². The number of allylic oxidation sites excluding steroid dienone is 3. The van der Waals surface area contributed by atoms with Gasteiger partial charge in [0.25, 0.3) is 0 Å². The van der Waals surface area contributed by atoms with E-state index in [0.29, 0.717) is 0 Å². The van der Waals surface area contributed by atoms with E-state index < -0.39 is 24.0 Å². The van der Waals surface area contributed by atoms with E-state index in [1.54, 1.807) is 18.2 Å². The van der Waals surface area contributed by atoms with Gasteiger partial charge >= 0.3 is 12.5 Å². The quantitative estimate of drug-likeness (QED) is 0.563. The predicted octanol–water partition coefficient (Wildman–Crippen LogP) is 4.96. The van der Waals surface area contributed by atoms with Crippen LogP contribution in [-0.2, 0) is 0 Å². The number of rotatable bonds is 3. The molecule has 0 radical (unpaired) electrons. The molecule has 0 saturated heterocycles. The molecule has 6 heteroatoms. The summed E-state index contributed by atoms with van der Waals surface area (Å²) in [6.45, 7) is 4.55. The summed E-state index contributed by atoms with van der Waals surface area (Å²) in [7, 11) is 0. The SMILES string of the molecule is C=C1C(F)=CC(C)=C(c2ccccc2)N1C(F)(F)C(F)F. The summed E-state index contributed by atoms with van der Waals surface area (Å²) in [4.78, 5) is -0.0301. The highest BCUT2D eigenvalue weighted by molar-refractivity contribution is 5.74. The zero-order valence-electron chi connectivity index (χ0n) is 11.1. The molecule has 0 N–H and O–H groups in total. The van der Waals surface area contributed by atoms with Crippen LogP contribution in [0.5, 0.6) is 0 Å². The molecule has 1 heterocycles. The summed E-state index contributed by atoms with van der Waals surface area (Å²) in [5.74, 6) is -1.06. The predicted molar refractivity (Wildman–Crippen MR) is 70.2 cm³/mol. The number of hydrogen-bond donors (Lipinski definition) is 0. The van der Waals surface area contributed by atoms with Crippen LogP contribution in [0, 0.1) is 0 Å². The maximum absolute atomic E-state index is 13.9. The molecule has 0 aromatic heterocycles. The molecule has 1 nitrogen and oxygen atoms in total. The Morgan fingerprint density at radius 1 is 1.14 bits per heavy atom. The van der Waals surface area contributed by atoms with Crippen molar-refractivity contribution in [2.75, 3.05) is 0 Å². The Kier molecular flexibility index (Phi) is 3.89. The highest BCUT2D eigenvalue weighted by Crippen LogP contribution is 2.43. The number of halogens is 5. The Balaban J connectivity index is 2.66. The number of hydrogen-bond acceptors (Lipinski definition) is 1. The van der Waals surface area contributed by atoms with Gasteiger partial charge in [0.1, 0.15) is 5.83 Å². The van der Waals surface area contributed by atoms with E-state index in [4.69, 9.17) is 0 Å². The Morgan fingerprint density at radius 3 is 2.24 bits per heavy atom. The van der Waals surface area contributed by atoms with Gasteiger partial charge in [-0.15, -0.1) is 0 Å². The maximum Gasteiger partial charge on any atom is 0.390 e. The minimum atomic E-state index is -4.56. The molecule has 0 aliphatic carbocycles. The van der Waals surface area contributed by atoms with Gasteiger partial charge in [-0.2, -0.15) is 8.78 Å². The van der Waals surface area contributed by atoms with E-state index in [0.717, 1.165) is 6.08 Å². The minimum absolute atomic E-state index is 0.0301. The summed E-state index contributed by atoms with van der Waals surface area (Å²) >= 11 is 0. The molecule has 112 valence electrons. The van der Waals surface area contributed by atoms with Gasteiger partial charge < -0.3 is 0 Å². The number of nitrogens with zero attached hydrogens (tertiary/aromatic N) is 1. The van der Waals surface area contributed by atoms with Crippen molar-refractivity contribution < 1.29 is 22.0 Å². The molecule has 1 aliphatic rings. The first-order chi connectivity index (χ1) is 9.76. The van der Waals surface area contributed by atoms with Gasteiger partial charge in [0.15, 0.2) is 0 Å². The molecular formula is C15H12F5N. The van der Waals surface area contributed by atoms with Gasteiger partial charge in [0.2, 0.25) is 0 Å². The van der Waals surface area contributed by atoms with Crippen LogP contribution in [0.15, 0.2) is 60.1 Å². The molecule has 2 rings (SSSR count). The smallest absolute Gasteiger partial charge is 0.274 e. The minimum Gasteiger partial charge on any atom is -0.274 e. The van der Waals surface area contributed by atoms with Crippen LogP contribution in [0.4, 0.5) is 22.0 Å². The molecule has 0 amide bonds. The molecule has 0 bridgehead atoms. The van der Waals surface area contributed by atoms with Crippen molar-refractivity contribution in [3.8, 4) is 0 Å². The second-order valence-electron chi connectivity index (χ2n) is 4.56. The van der Waals surface area contributed by atoms with Crippen LogP contribution in [0.25, 0.3) is 5.70 Å². The van der Waals surface area contributed by atoms with E-state index in [-0.39, 0.29) is 21.7 Å². The van der Waals surface area contributed by atoms with Crippen molar-refractivity contribution in [3.63, 3.8) is 0 Å². The van der Waals surface area contributed by atoms with Crippen LogP contribution in [0.2, 0.25) is 0 Å². The van der Waals surface area contributed by atoms with Gasteiger partial charge in [-0.1, -0.05) is 36.9 Å². The first kappa shape index (κ1) is 15.3. The highest BCUT2D eigenvalue weighted by Gasteiger charge is 2.51. The van der Waals surface area contributed by atoms with Crippen molar-refractivity contribution >= 4 is 5.70 Å². The first-order valence-electron chi connectivity index (χ1n) is 6.05. The topological polar surface area (TPSA) is 3.24 Å². The third-order valence-corrected chi connectivity index (χ3v) is 3.09. The summed E-state index contributed by atoms with van der Waals surface area (Å²) in [5.41, 5.74) is -0.580. The standard InChI is InChI=1S/C15H12F5N/c1-9-8-12(16)10(2)21(15(19,20)14(17)18)13(9)11-6-4-3-5-7-11/h3-8,14H,2H2,1H3. The Morgan fingerprint density at radius 2 is 1.71 bits per heavy atom. The van der Waals surface area contributed by atoms with E-state index in [1.165, 1.54) is 19.1 Å². The summed E-state index contributed by atoms with van der Waals surface area (Å²) in [6.07, 6.45) is -2.98. The lowest BCUT2D eigenvalue weighted by atomic mass is 10.0. The largest absolute Gasteiger partial charge is 0.390 e. The fourth-order valence-electron chi connectivity index (χ4n) is 2.14. The monoisotopic (exact) mass is 301 g/mol. The lowest BCUT2D eigenvalue weighted by molar-refractivity contribution is -0.196. The Labute approximate surface area is 118 Å². The average Bonchev–Trinajstić information content (AvgIpc) is 2.43. The molecule has 0 saturated carbocycles. The van der Waals surface area contributed by atoms with E-state index >= 15 is 0 Å². The zero-order chi connectivity index (χ0) is 15.8. The molecule has 1 aromatic rings. The fourth-order valence-corrected chi connectivity index (χ4v) is 2.14. The molecule has 21 heavy (non-hydrogen) atoms. The molecule has 0 unspecified atom stereocenters. The van der Waals surface area contributed by atoms with Gasteiger partial charge in [-0.25, -0.2) is 13.2 Å². The van der Waals surface area contributed by atoms with Crippen molar-refractivity contribution in [2.45, 2.75) is 19.4 Å². The highest BCUT2D eigenvalue weighted by atomic mass is 19.3. The molecule has 0 atom stereocenters. The molecular weight excluding hydrogens is 289 g/mol. The molecule has 0 spiro atoms. The van der Waals surface area contributed by atoms with E-state index in [1.807, 2.05) is 0 Å². The van der Waals surface area contributed by atoms with Gasteiger partial charge in [0, 0.05) is 0 Å². The Hall–Kier alpha value is -2.11. The van der Waals surface area contributed by atoms with E-state index in [2.05, 4.69) is 6.58 Å². The third-order valence-electron chi connectivity index (χ3n) is 3.09. The van der Waals surface area contributed by atoms with Crippen LogP contribution < -0.4 is 0 Å². The average molecular weight is 301 g/mol. The molecule has 0 fully saturated rings. The van der Waals surface area contributed by atoms with Crippen LogP contribution in [0.3, 0.4) is 0 Å². The Bertz CT molecular complexity index is 616.